The number of aromatic amines is 1. The third-order valence-electron chi connectivity index (χ3n) is 2.46. The van der Waals surface area contributed by atoms with Crippen LogP contribution in [-0.2, 0) is 4.79 Å². The van der Waals surface area contributed by atoms with Crippen LogP contribution in [0.2, 0.25) is 0 Å². The molecule has 1 aromatic carbocycles. The molecule has 0 aliphatic heterocycles. The summed E-state index contributed by atoms with van der Waals surface area (Å²) in [6.45, 7) is 1.58. The molecule has 0 amide bonds. The van der Waals surface area contributed by atoms with Gasteiger partial charge >= 0.3 is 0 Å². The van der Waals surface area contributed by atoms with Crippen LogP contribution >= 0.6 is 11.8 Å². The fourth-order valence-electron chi connectivity index (χ4n) is 1.56. The molecule has 1 aromatic heterocycles. The molecule has 2 rings (SSSR count). The number of thioether (sulfide) groups is 1. The van der Waals surface area contributed by atoms with Crippen LogP contribution in [0, 0.1) is 11.8 Å². The van der Waals surface area contributed by atoms with Gasteiger partial charge in [0.15, 0.2) is 5.12 Å². The lowest BCUT2D eigenvalue weighted by molar-refractivity contribution is -0.109. The number of aromatic nitrogens is 2. The highest BCUT2D eigenvalue weighted by molar-refractivity contribution is 8.13. The summed E-state index contributed by atoms with van der Waals surface area (Å²) in [7, 11) is 0. The van der Waals surface area contributed by atoms with Gasteiger partial charge in [-0.25, -0.2) is 0 Å². The molecular formula is C15H14N2OS. The number of nitrogens with one attached hydrogen (secondary N) is 1. The van der Waals surface area contributed by atoms with E-state index in [4.69, 9.17) is 0 Å². The van der Waals surface area contributed by atoms with Gasteiger partial charge < -0.3 is 0 Å². The van der Waals surface area contributed by atoms with Crippen molar-refractivity contribution < 1.29 is 4.79 Å². The van der Waals surface area contributed by atoms with Gasteiger partial charge in [0, 0.05) is 30.9 Å². The van der Waals surface area contributed by atoms with E-state index in [2.05, 4.69) is 22.0 Å². The molecule has 2 aromatic rings. The van der Waals surface area contributed by atoms with Crippen LogP contribution in [0.4, 0.5) is 0 Å². The molecule has 96 valence electrons. The van der Waals surface area contributed by atoms with Crippen molar-refractivity contribution >= 4 is 16.9 Å². The molecule has 0 fully saturated rings. The number of nitrogens with zero attached hydrogens (tertiary/aromatic N) is 1. The first-order chi connectivity index (χ1) is 9.25. The van der Waals surface area contributed by atoms with Crippen molar-refractivity contribution in [3.63, 3.8) is 0 Å². The zero-order valence-electron chi connectivity index (χ0n) is 10.6. The van der Waals surface area contributed by atoms with Crippen molar-refractivity contribution in [1.82, 2.24) is 10.2 Å². The maximum Gasteiger partial charge on any atom is 0.185 e. The summed E-state index contributed by atoms with van der Waals surface area (Å²) in [4.78, 5) is 10.7. The molecule has 0 spiro atoms. The Balaban J connectivity index is 1.92. The van der Waals surface area contributed by atoms with E-state index in [1.807, 2.05) is 30.3 Å². The number of carbonyl (C=O) groups excluding carboxylic acids is 1. The molecule has 19 heavy (non-hydrogen) atoms. The molecule has 0 bridgehead atoms. The number of carbonyl (C=O) groups is 1. The van der Waals surface area contributed by atoms with Crippen LogP contribution in [-0.4, -0.2) is 21.1 Å². The molecule has 1 N–H and O–H groups in total. The second kappa shape index (κ2) is 6.81. The van der Waals surface area contributed by atoms with Crippen molar-refractivity contribution in [2.24, 2.45) is 0 Å². The van der Waals surface area contributed by atoms with Gasteiger partial charge in [-0.2, -0.15) is 5.10 Å². The molecular weight excluding hydrogens is 256 g/mol. The number of H-pyrrole nitrogens is 1. The zero-order chi connectivity index (χ0) is 13.5. The Labute approximate surface area is 116 Å². The molecule has 4 heteroatoms. The van der Waals surface area contributed by atoms with E-state index in [1.54, 1.807) is 13.1 Å². The fourth-order valence-corrected chi connectivity index (χ4v) is 2.05. The number of rotatable bonds is 3. The first-order valence-electron chi connectivity index (χ1n) is 5.98. The number of benzene rings is 1. The second-order valence-electron chi connectivity index (χ2n) is 3.94. The minimum atomic E-state index is 0.144. The second-order valence-corrected chi connectivity index (χ2v) is 5.21. The van der Waals surface area contributed by atoms with E-state index in [9.17, 15) is 4.79 Å². The van der Waals surface area contributed by atoms with Gasteiger partial charge in [-0.05, 0) is 23.8 Å². The van der Waals surface area contributed by atoms with Gasteiger partial charge in [0.2, 0.25) is 0 Å². The van der Waals surface area contributed by atoms with Gasteiger partial charge in [0.05, 0.1) is 5.69 Å². The van der Waals surface area contributed by atoms with Crippen LogP contribution in [0.25, 0.3) is 11.3 Å². The first-order valence-corrected chi connectivity index (χ1v) is 6.96. The summed E-state index contributed by atoms with van der Waals surface area (Å²) in [5.41, 5.74) is 3.07. The van der Waals surface area contributed by atoms with Crippen molar-refractivity contribution in [2.75, 3.05) is 5.75 Å². The van der Waals surface area contributed by atoms with E-state index in [-0.39, 0.29) is 5.12 Å². The zero-order valence-corrected chi connectivity index (χ0v) is 11.5. The molecule has 1 heterocycles. The Bertz CT molecular complexity index is 591. The van der Waals surface area contributed by atoms with Gasteiger partial charge in [-0.15, -0.1) is 0 Å². The Morgan fingerprint density at radius 2 is 2.11 bits per heavy atom. The van der Waals surface area contributed by atoms with Crippen LogP contribution in [0.5, 0.6) is 0 Å². The Morgan fingerprint density at radius 3 is 2.74 bits per heavy atom. The quantitative estimate of drug-likeness (QED) is 0.688. The lowest BCUT2D eigenvalue weighted by Gasteiger charge is -1.97. The SMILES string of the molecule is CC(=O)SCCC#Cc1ccc(-c2ccn[nH]2)cc1. The first kappa shape index (κ1) is 13.4. The summed E-state index contributed by atoms with van der Waals surface area (Å²) in [6.07, 6.45) is 2.46. The number of hydrogen-bond acceptors (Lipinski definition) is 3. The molecule has 3 nitrogen and oxygen atoms in total. The minimum Gasteiger partial charge on any atom is -0.288 e. The Kier molecular flexibility index (Phi) is 4.82. The van der Waals surface area contributed by atoms with Crippen molar-refractivity contribution in [3.05, 3.63) is 42.1 Å². The van der Waals surface area contributed by atoms with E-state index in [0.717, 1.165) is 29.0 Å². The summed E-state index contributed by atoms with van der Waals surface area (Å²) < 4.78 is 0. The monoisotopic (exact) mass is 270 g/mol. The molecule has 0 radical (unpaired) electrons. The predicted molar refractivity (Wildman–Crippen MR) is 78.7 cm³/mol. The predicted octanol–water partition coefficient (Wildman–Crippen LogP) is 3.10. The summed E-state index contributed by atoms with van der Waals surface area (Å²) in [5, 5.41) is 6.99. The van der Waals surface area contributed by atoms with Crippen LogP contribution in [0.1, 0.15) is 18.9 Å². The lowest BCUT2D eigenvalue weighted by Crippen LogP contribution is -1.84. The van der Waals surface area contributed by atoms with E-state index in [1.165, 1.54) is 11.8 Å². The molecule has 0 saturated carbocycles. The molecule has 0 unspecified atom stereocenters. The third kappa shape index (κ3) is 4.31. The average Bonchev–Trinajstić information content (AvgIpc) is 2.93. The molecule has 0 aliphatic carbocycles. The summed E-state index contributed by atoms with van der Waals surface area (Å²) in [6, 6.07) is 9.94. The third-order valence-corrected chi connectivity index (χ3v) is 3.28. The highest BCUT2D eigenvalue weighted by Gasteiger charge is 1.97. The minimum absolute atomic E-state index is 0.144. The topological polar surface area (TPSA) is 45.8 Å². The average molecular weight is 270 g/mol. The van der Waals surface area contributed by atoms with Crippen molar-refractivity contribution in [3.8, 4) is 23.1 Å². The van der Waals surface area contributed by atoms with E-state index in [0.29, 0.717) is 0 Å². The smallest absolute Gasteiger partial charge is 0.185 e. The van der Waals surface area contributed by atoms with Crippen molar-refractivity contribution in [2.45, 2.75) is 13.3 Å². The highest BCUT2D eigenvalue weighted by atomic mass is 32.2. The van der Waals surface area contributed by atoms with E-state index >= 15 is 0 Å². The maximum absolute atomic E-state index is 10.7. The standard InChI is InChI=1S/C15H14N2OS/c1-12(18)19-11-3-2-4-13-5-7-14(8-6-13)15-9-10-16-17-15/h5-10H,3,11H2,1H3,(H,16,17). The largest absolute Gasteiger partial charge is 0.288 e. The Hall–Kier alpha value is -1.99. The van der Waals surface area contributed by atoms with Crippen LogP contribution < -0.4 is 0 Å². The van der Waals surface area contributed by atoms with Gasteiger partial charge in [-0.1, -0.05) is 35.7 Å². The lowest BCUT2D eigenvalue weighted by atomic mass is 10.1. The maximum atomic E-state index is 10.7. The van der Waals surface area contributed by atoms with Gasteiger partial charge in [0.25, 0.3) is 0 Å². The summed E-state index contributed by atoms with van der Waals surface area (Å²) >= 11 is 1.31. The van der Waals surface area contributed by atoms with E-state index < -0.39 is 0 Å². The molecule has 0 aliphatic rings. The van der Waals surface area contributed by atoms with Gasteiger partial charge in [-0.3, -0.25) is 9.89 Å². The molecule has 0 atom stereocenters. The molecule has 0 saturated heterocycles. The van der Waals surface area contributed by atoms with Gasteiger partial charge in [0.1, 0.15) is 0 Å². The normalized spacial score (nSPS) is 9.74. The van der Waals surface area contributed by atoms with Crippen LogP contribution in [0.15, 0.2) is 36.5 Å². The fraction of sp³-hybridized carbons (Fsp3) is 0.200. The van der Waals surface area contributed by atoms with Crippen LogP contribution in [0.3, 0.4) is 0 Å². The van der Waals surface area contributed by atoms with Crippen molar-refractivity contribution in [1.29, 1.82) is 0 Å². The Morgan fingerprint density at radius 1 is 1.32 bits per heavy atom. The highest BCUT2D eigenvalue weighted by Crippen LogP contribution is 2.16. The number of hydrogen-bond donors (Lipinski definition) is 1. The summed E-state index contributed by atoms with van der Waals surface area (Å²) in [5.74, 6) is 6.92.